The molecule has 0 saturated carbocycles. The molecule has 1 unspecified atom stereocenters. The largest absolute Gasteiger partial charge is 0.371 e. The quantitative estimate of drug-likeness (QED) is 0.842. The van der Waals surface area contributed by atoms with E-state index in [1.54, 1.807) is 12.3 Å². The van der Waals surface area contributed by atoms with Gasteiger partial charge in [0.15, 0.2) is 0 Å². The number of aromatic nitrogens is 1. The molecule has 1 rings (SSSR count). The third-order valence-corrected chi connectivity index (χ3v) is 3.10. The summed E-state index contributed by atoms with van der Waals surface area (Å²) >= 11 is 0. The summed E-state index contributed by atoms with van der Waals surface area (Å²) < 4.78 is 0. The van der Waals surface area contributed by atoms with E-state index in [1.165, 1.54) is 0 Å². The zero-order valence-corrected chi connectivity index (χ0v) is 11.7. The molecule has 4 nitrogen and oxygen atoms in total. The van der Waals surface area contributed by atoms with Crippen molar-refractivity contribution in [2.24, 2.45) is 0 Å². The zero-order chi connectivity index (χ0) is 13.5. The molecule has 100 valence electrons. The predicted molar refractivity (Wildman–Crippen MR) is 75.0 cm³/mol. The van der Waals surface area contributed by atoms with Crippen molar-refractivity contribution in [1.29, 1.82) is 0 Å². The van der Waals surface area contributed by atoms with Gasteiger partial charge in [0.25, 0.3) is 5.91 Å². The number of carbonyl (C=O) groups is 1. The molecule has 1 amide bonds. The maximum atomic E-state index is 11.8. The Labute approximate surface area is 109 Å². The fraction of sp³-hybridized carbons (Fsp3) is 0.571. The molecule has 0 aliphatic carbocycles. The van der Waals surface area contributed by atoms with Crippen molar-refractivity contribution in [1.82, 2.24) is 10.3 Å². The highest BCUT2D eigenvalue weighted by atomic mass is 16.1. The predicted octanol–water partition coefficient (Wildman–Crippen LogP) is 2.46. The average Bonchev–Trinajstić information content (AvgIpc) is 2.40. The summed E-state index contributed by atoms with van der Waals surface area (Å²) in [6, 6.07) is 3.92. The van der Waals surface area contributed by atoms with Crippen LogP contribution in [0.1, 0.15) is 44.6 Å². The number of carbonyl (C=O) groups excluding carboxylic acids is 1. The van der Waals surface area contributed by atoms with Crippen LogP contribution in [-0.2, 0) is 0 Å². The molecule has 0 saturated heterocycles. The summed E-state index contributed by atoms with van der Waals surface area (Å²) in [5.41, 5.74) is 1.53. The van der Waals surface area contributed by atoms with Crippen LogP contribution in [0.25, 0.3) is 0 Å². The minimum Gasteiger partial charge on any atom is -0.371 e. The Morgan fingerprint density at radius 3 is 2.44 bits per heavy atom. The lowest BCUT2D eigenvalue weighted by Gasteiger charge is -2.20. The maximum absolute atomic E-state index is 11.8. The average molecular weight is 249 g/mol. The number of nitrogens with one attached hydrogen (secondary N) is 1. The SMILES string of the molecule is CCC(C)NC(=O)c1ccc(N(CC)CC)cn1. The molecule has 4 heteroatoms. The van der Waals surface area contributed by atoms with Gasteiger partial charge in [0.1, 0.15) is 5.69 Å². The van der Waals surface area contributed by atoms with Gasteiger partial charge in [-0.3, -0.25) is 4.79 Å². The first-order valence-corrected chi connectivity index (χ1v) is 6.64. The highest BCUT2D eigenvalue weighted by Crippen LogP contribution is 2.12. The van der Waals surface area contributed by atoms with Crippen LogP contribution >= 0.6 is 0 Å². The zero-order valence-electron chi connectivity index (χ0n) is 11.7. The van der Waals surface area contributed by atoms with Crippen molar-refractivity contribution in [3.8, 4) is 0 Å². The Morgan fingerprint density at radius 1 is 1.33 bits per heavy atom. The summed E-state index contributed by atoms with van der Waals surface area (Å²) in [4.78, 5) is 18.3. The lowest BCUT2D eigenvalue weighted by Crippen LogP contribution is -2.32. The van der Waals surface area contributed by atoms with Gasteiger partial charge in [0.2, 0.25) is 0 Å². The van der Waals surface area contributed by atoms with E-state index in [0.29, 0.717) is 5.69 Å². The van der Waals surface area contributed by atoms with Gasteiger partial charge in [-0.05, 0) is 39.3 Å². The maximum Gasteiger partial charge on any atom is 0.270 e. The van der Waals surface area contributed by atoms with E-state index in [9.17, 15) is 4.79 Å². The second-order valence-corrected chi connectivity index (χ2v) is 4.36. The van der Waals surface area contributed by atoms with Gasteiger partial charge < -0.3 is 10.2 Å². The Bertz CT molecular complexity index is 371. The van der Waals surface area contributed by atoms with Gasteiger partial charge in [0.05, 0.1) is 11.9 Å². The summed E-state index contributed by atoms with van der Waals surface area (Å²) in [5, 5.41) is 2.91. The molecular weight excluding hydrogens is 226 g/mol. The highest BCUT2D eigenvalue weighted by molar-refractivity contribution is 5.92. The fourth-order valence-corrected chi connectivity index (χ4v) is 1.70. The Kier molecular flexibility index (Phi) is 5.62. The van der Waals surface area contributed by atoms with E-state index in [0.717, 1.165) is 25.2 Å². The van der Waals surface area contributed by atoms with Crippen molar-refractivity contribution in [3.05, 3.63) is 24.0 Å². The minimum absolute atomic E-state index is 0.101. The van der Waals surface area contributed by atoms with Gasteiger partial charge in [-0.2, -0.15) is 0 Å². The molecule has 0 fully saturated rings. The summed E-state index contributed by atoms with van der Waals surface area (Å²) in [6.45, 7) is 10.1. The fourth-order valence-electron chi connectivity index (χ4n) is 1.70. The number of hydrogen-bond acceptors (Lipinski definition) is 3. The lowest BCUT2D eigenvalue weighted by molar-refractivity contribution is 0.0934. The van der Waals surface area contributed by atoms with Crippen LogP contribution in [-0.4, -0.2) is 30.0 Å². The Balaban J connectivity index is 2.73. The number of amides is 1. The van der Waals surface area contributed by atoms with Crippen molar-refractivity contribution in [2.75, 3.05) is 18.0 Å². The number of nitrogens with zero attached hydrogens (tertiary/aromatic N) is 2. The molecular formula is C14H23N3O. The van der Waals surface area contributed by atoms with E-state index in [1.807, 2.05) is 19.9 Å². The smallest absolute Gasteiger partial charge is 0.270 e. The van der Waals surface area contributed by atoms with Crippen LogP contribution in [0.4, 0.5) is 5.69 Å². The van der Waals surface area contributed by atoms with E-state index >= 15 is 0 Å². The van der Waals surface area contributed by atoms with Crippen molar-refractivity contribution in [3.63, 3.8) is 0 Å². The topological polar surface area (TPSA) is 45.2 Å². The molecule has 1 N–H and O–H groups in total. The molecule has 1 atom stereocenters. The van der Waals surface area contributed by atoms with E-state index < -0.39 is 0 Å². The summed E-state index contributed by atoms with van der Waals surface area (Å²) in [5.74, 6) is -0.101. The van der Waals surface area contributed by atoms with Gasteiger partial charge in [-0.1, -0.05) is 6.92 Å². The van der Waals surface area contributed by atoms with Crippen LogP contribution in [0.3, 0.4) is 0 Å². The molecule has 0 radical (unpaired) electrons. The van der Waals surface area contributed by atoms with E-state index in [4.69, 9.17) is 0 Å². The standard InChI is InChI=1S/C14H23N3O/c1-5-11(4)16-14(18)13-9-8-12(10-15-13)17(6-2)7-3/h8-11H,5-7H2,1-4H3,(H,16,18). The first kappa shape index (κ1) is 14.5. The number of hydrogen-bond donors (Lipinski definition) is 1. The van der Waals surface area contributed by atoms with Crippen LogP contribution in [0.15, 0.2) is 18.3 Å². The molecule has 1 aromatic heterocycles. The first-order valence-electron chi connectivity index (χ1n) is 6.64. The second kappa shape index (κ2) is 6.99. The van der Waals surface area contributed by atoms with Gasteiger partial charge >= 0.3 is 0 Å². The molecule has 1 aromatic rings. The third kappa shape index (κ3) is 3.72. The van der Waals surface area contributed by atoms with Crippen LogP contribution < -0.4 is 10.2 Å². The highest BCUT2D eigenvalue weighted by Gasteiger charge is 2.10. The van der Waals surface area contributed by atoms with E-state index in [-0.39, 0.29) is 11.9 Å². The van der Waals surface area contributed by atoms with Crippen LogP contribution in [0.2, 0.25) is 0 Å². The lowest BCUT2D eigenvalue weighted by atomic mass is 10.2. The number of rotatable bonds is 6. The third-order valence-electron chi connectivity index (χ3n) is 3.10. The van der Waals surface area contributed by atoms with Gasteiger partial charge in [0, 0.05) is 19.1 Å². The number of anilines is 1. The Hall–Kier alpha value is -1.58. The van der Waals surface area contributed by atoms with Crippen molar-refractivity contribution < 1.29 is 4.79 Å². The molecule has 0 bridgehead atoms. The summed E-state index contributed by atoms with van der Waals surface area (Å²) in [6.07, 6.45) is 2.68. The van der Waals surface area contributed by atoms with Crippen LogP contribution in [0, 0.1) is 0 Å². The normalized spacial score (nSPS) is 12.0. The molecule has 0 aliphatic rings. The summed E-state index contributed by atoms with van der Waals surface area (Å²) in [7, 11) is 0. The minimum atomic E-state index is -0.101. The van der Waals surface area contributed by atoms with Gasteiger partial charge in [-0.25, -0.2) is 4.98 Å². The molecule has 18 heavy (non-hydrogen) atoms. The van der Waals surface area contributed by atoms with Crippen LogP contribution in [0.5, 0.6) is 0 Å². The molecule has 0 aromatic carbocycles. The molecule has 1 heterocycles. The van der Waals surface area contributed by atoms with E-state index in [2.05, 4.69) is 29.0 Å². The first-order chi connectivity index (χ1) is 8.62. The molecule has 0 spiro atoms. The second-order valence-electron chi connectivity index (χ2n) is 4.36. The monoisotopic (exact) mass is 249 g/mol. The van der Waals surface area contributed by atoms with Crippen molar-refractivity contribution >= 4 is 11.6 Å². The van der Waals surface area contributed by atoms with Gasteiger partial charge in [-0.15, -0.1) is 0 Å². The van der Waals surface area contributed by atoms with Crippen molar-refractivity contribution in [2.45, 2.75) is 40.2 Å². The Morgan fingerprint density at radius 2 is 2.00 bits per heavy atom. The molecule has 0 aliphatic heterocycles. The number of pyridine rings is 1.